The summed E-state index contributed by atoms with van der Waals surface area (Å²) in [6.07, 6.45) is 3.36. The van der Waals surface area contributed by atoms with Crippen molar-refractivity contribution in [3.63, 3.8) is 0 Å². The molecule has 3 heteroatoms. The third-order valence-corrected chi connectivity index (χ3v) is 4.46. The highest BCUT2D eigenvalue weighted by Crippen LogP contribution is 2.42. The molecule has 1 aliphatic carbocycles. The molecule has 0 spiro atoms. The predicted molar refractivity (Wildman–Crippen MR) is 72.7 cm³/mol. The van der Waals surface area contributed by atoms with E-state index in [1.165, 1.54) is 17.0 Å². The molecule has 2 aliphatic rings. The lowest BCUT2D eigenvalue weighted by atomic mass is 9.74. The smallest absolute Gasteiger partial charge is 0.0674 e. The molecule has 0 saturated carbocycles. The number of hydrogen-bond donors (Lipinski definition) is 1. The topological polar surface area (TPSA) is 40.2 Å². The van der Waals surface area contributed by atoms with E-state index < -0.39 is 0 Å². The van der Waals surface area contributed by atoms with Crippen LogP contribution in [0, 0.1) is 12.3 Å². The van der Waals surface area contributed by atoms with Crippen LogP contribution in [-0.4, -0.2) is 17.8 Å². The first-order valence-corrected chi connectivity index (χ1v) is 7.02. The van der Waals surface area contributed by atoms with E-state index in [1.54, 1.807) is 0 Å². The van der Waals surface area contributed by atoms with Crippen molar-refractivity contribution in [3.05, 3.63) is 23.0 Å². The normalized spacial score (nSPS) is 30.4. The Balaban J connectivity index is 2.05. The highest BCUT2D eigenvalue weighted by Gasteiger charge is 2.35. The van der Waals surface area contributed by atoms with Crippen LogP contribution < -0.4 is 5.73 Å². The van der Waals surface area contributed by atoms with E-state index in [2.05, 4.69) is 31.4 Å². The Hall–Kier alpha value is -0.800. The van der Waals surface area contributed by atoms with Crippen LogP contribution in [0.15, 0.2) is 6.07 Å². The fraction of sp³-hybridized carbons (Fsp3) is 0.733. The summed E-state index contributed by atoms with van der Waals surface area (Å²) in [5.41, 5.74) is 10.9. The number of hydrogen-bond acceptors (Lipinski definition) is 2. The largest absolute Gasteiger partial charge is 0.379 e. The van der Waals surface area contributed by atoms with Crippen molar-refractivity contribution in [1.29, 1.82) is 0 Å². The van der Waals surface area contributed by atoms with Crippen LogP contribution in [0.2, 0.25) is 0 Å². The molecule has 2 N–H and O–H groups in total. The van der Waals surface area contributed by atoms with E-state index in [1.807, 2.05) is 0 Å². The number of fused-ring (bicyclic) bond motifs is 1. The fourth-order valence-corrected chi connectivity index (χ4v) is 3.70. The molecule has 18 heavy (non-hydrogen) atoms. The molecule has 1 aromatic heterocycles. The van der Waals surface area contributed by atoms with Gasteiger partial charge in [-0.05, 0) is 43.2 Å². The van der Waals surface area contributed by atoms with E-state index >= 15 is 0 Å². The van der Waals surface area contributed by atoms with Gasteiger partial charge in [-0.25, -0.2) is 0 Å². The molecule has 2 atom stereocenters. The van der Waals surface area contributed by atoms with Crippen molar-refractivity contribution in [3.8, 4) is 0 Å². The average molecular weight is 248 g/mol. The number of ether oxygens (including phenoxy) is 1. The first-order chi connectivity index (χ1) is 8.48. The zero-order chi connectivity index (χ0) is 12.9. The van der Waals surface area contributed by atoms with E-state index in [0.29, 0.717) is 11.5 Å². The number of aromatic nitrogens is 1. The van der Waals surface area contributed by atoms with Crippen LogP contribution in [-0.2, 0) is 11.2 Å². The summed E-state index contributed by atoms with van der Waals surface area (Å²) in [6.45, 7) is 8.61. The zero-order valence-electron chi connectivity index (χ0n) is 11.7. The highest BCUT2D eigenvalue weighted by atomic mass is 16.5. The van der Waals surface area contributed by atoms with E-state index in [0.717, 1.165) is 32.5 Å². The van der Waals surface area contributed by atoms with Crippen molar-refractivity contribution < 1.29 is 4.74 Å². The Morgan fingerprint density at radius 3 is 2.89 bits per heavy atom. The molecule has 0 aromatic carbocycles. The summed E-state index contributed by atoms with van der Waals surface area (Å²) >= 11 is 0. The molecule has 100 valence electrons. The molecule has 1 fully saturated rings. The second-order valence-electron chi connectivity index (χ2n) is 6.73. The predicted octanol–water partition coefficient (Wildman–Crippen LogP) is 2.73. The van der Waals surface area contributed by atoms with Crippen molar-refractivity contribution in [1.82, 2.24) is 4.57 Å². The van der Waals surface area contributed by atoms with Crippen LogP contribution in [0.25, 0.3) is 0 Å². The molecular formula is C15H24N2O. The summed E-state index contributed by atoms with van der Waals surface area (Å²) in [5, 5.41) is 0. The number of nitrogens with two attached hydrogens (primary N) is 1. The van der Waals surface area contributed by atoms with Crippen LogP contribution in [0.1, 0.15) is 55.7 Å². The Kier molecular flexibility index (Phi) is 2.79. The van der Waals surface area contributed by atoms with E-state index in [4.69, 9.17) is 10.5 Å². The average Bonchev–Trinajstić information content (AvgIpc) is 2.83. The molecule has 0 radical (unpaired) electrons. The SMILES string of the molecule is Cc1cc2c(n1C1CCOC1)CC(C)(C)CC2N. The Labute approximate surface area is 109 Å². The lowest BCUT2D eigenvalue weighted by Crippen LogP contribution is -2.31. The Morgan fingerprint density at radius 1 is 1.44 bits per heavy atom. The van der Waals surface area contributed by atoms with Gasteiger partial charge < -0.3 is 15.0 Å². The van der Waals surface area contributed by atoms with Crippen molar-refractivity contribution in [2.75, 3.05) is 13.2 Å². The molecule has 1 aromatic rings. The van der Waals surface area contributed by atoms with Gasteiger partial charge in [-0.2, -0.15) is 0 Å². The van der Waals surface area contributed by atoms with Gasteiger partial charge in [0.15, 0.2) is 0 Å². The minimum Gasteiger partial charge on any atom is -0.379 e. The van der Waals surface area contributed by atoms with Crippen LogP contribution in [0.4, 0.5) is 0 Å². The highest BCUT2D eigenvalue weighted by molar-refractivity contribution is 5.34. The molecule has 1 aliphatic heterocycles. The number of aryl methyl sites for hydroxylation is 1. The summed E-state index contributed by atoms with van der Waals surface area (Å²) in [4.78, 5) is 0. The van der Waals surface area contributed by atoms with Crippen molar-refractivity contribution in [2.24, 2.45) is 11.1 Å². The van der Waals surface area contributed by atoms with Gasteiger partial charge in [0, 0.05) is 24.0 Å². The standard InChI is InChI=1S/C15H24N2O/c1-10-6-12-13(16)7-15(2,3)8-14(12)17(10)11-4-5-18-9-11/h6,11,13H,4-5,7-9,16H2,1-3H3. The fourth-order valence-electron chi connectivity index (χ4n) is 3.70. The molecular weight excluding hydrogens is 224 g/mol. The van der Waals surface area contributed by atoms with Gasteiger partial charge in [-0.3, -0.25) is 0 Å². The lowest BCUT2D eigenvalue weighted by Gasteiger charge is -2.35. The number of rotatable bonds is 1. The van der Waals surface area contributed by atoms with E-state index in [-0.39, 0.29) is 6.04 Å². The maximum Gasteiger partial charge on any atom is 0.0674 e. The summed E-state index contributed by atoms with van der Waals surface area (Å²) < 4.78 is 8.06. The lowest BCUT2D eigenvalue weighted by molar-refractivity contribution is 0.184. The number of nitrogens with zero attached hydrogens (tertiary/aromatic N) is 1. The molecule has 3 rings (SSSR count). The van der Waals surface area contributed by atoms with Gasteiger partial charge in [-0.1, -0.05) is 13.8 Å². The summed E-state index contributed by atoms with van der Waals surface area (Å²) in [6, 6.07) is 3.02. The van der Waals surface area contributed by atoms with Gasteiger partial charge in [-0.15, -0.1) is 0 Å². The summed E-state index contributed by atoms with van der Waals surface area (Å²) in [5.74, 6) is 0. The molecule has 2 unspecified atom stereocenters. The second kappa shape index (κ2) is 4.10. The third-order valence-electron chi connectivity index (χ3n) is 4.46. The maximum absolute atomic E-state index is 6.36. The molecule has 2 heterocycles. The third kappa shape index (κ3) is 1.90. The maximum atomic E-state index is 6.36. The minimum absolute atomic E-state index is 0.200. The van der Waals surface area contributed by atoms with Crippen LogP contribution in [0.3, 0.4) is 0 Å². The first-order valence-electron chi connectivity index (χ1n) is 7.02. The van der Waals surface area contributed by atoms with E-state index in [9.17, 15) is 0 Å². The van der Waals surface area contributed by atoms with Gasteiger partial charge in [0.05, 0.1) is 12.6 Å². The minimum atomic E-state index is 0.200. The van der Waals surface area contributed by atoms with Crippen molar-refractivity contribution >= 4 is 0 Å². The quantitative estimate of drug-likeness (QED) is 0.830. The van der Waals surface area contributed by atoms with Gasteiger partial charge in [0.1, 0.15) is 0 Å². The van der Waals surface area contributed by atoms with Crippen LogP contribution in [0.5, 0.6) is 0 Å². The van der Waals surface area contributed by atoms with Gasteiger partial charge >= 0.3 is 0 Å². The molecule has 3 nitrogen and oxygen atoms in total. The van der Waals surface area contributed by atoms with Crippen LogP contribution >= 0.6 is 0 Å². The molecule has 0 amide bonds. The molecule has 0 bridgehead atoms. The zero-order valence-corrected chi connectivity index (χ0v) is 11.7. The van der Waals surface area contributed by atoms with Gasteiger partial charge in [0.25, 0.3) is 0 Å². The monoisotopic (exact) mass is 248 g/mol. The van der Waals surface area contributed by atoms with Crippen molar-refractivity contribution in [2.45, 2.75) is 52.1 Å². The first kappa shape index (κ1) is 12.2. The summed E-state index contributed by atoms with van der Waals surface area (Å²) in [7, 11) is 0. The molecule has 1 saturated heterocycles. The Bertz CT molecular complexity index is 455. The second-order valence-corrected chi connectivity index (χ2v) is 6.73. The van der Waals surface area contributed by atoms with Gasteiger partial charge in [0.2, 0.25) is 0 Å². The Morgan fingerprint density at radius 2 is 2.22 bits per heavy atom.